The van der Waals surface area contributed by atoms with Crippen molar-refractivity contribution in [3.05, 3.63) is 50.9 Å². The lowest BCUT2D eigenvalue weighted by molar-refractivity contribution is -0.0893. The highest BCUT2D eigenvalue weighted by Gasteiger charge is 2.36. The quantitative estimate of drug-likeness (QED) is 0.375. The Morgan fingerprint density at radius 1 is 1.21 bits per heavy atom. The van der Waals surface area contributed by atoms with E-state index in [0.29, 0.717) is 41.8 Å². The van der Waals surface area contributed by atoms with Crippen LogP contribution < -0.4 is 26.0 Å². The summed E-state index contributed by atoms with van der Waals surface area (Å²) < 4.78 is 17.2. The monoisotopic (exact) mass is 541 g/mol. The number of amides is 1. The molecule has 214 valence electrons. The number of nitrogens with one attached hydrogen (secondary N) is 2. The Morgan fingerprint density at radius 2 is 1.87 bits per heavy atom. The first-order valence-corrected chi connectivity index (χ1v) is 13.7. The van der Waals surface area contributed by atoms with Gasteiger partial charge in [-0.15, -0.1) is 0 Å². The smallest absolute Gasteiger partial charge is 0.309 e. The number of aliphatic hydroxyl groups is 1. The maximum absolute atomic E-state index is 13.6. The molecule has 1 aliphatic rings. The number of anilines is 1. The predicted molar refractivity (Wildman–Crippen MR) is 156 cm³/mol. The normalized spacial score (nSPS) is 14.7. The van der Waals surface area contributed by atoms with Crippen LogP contribution in [0.1, 0.15) is 74.6 Å². The molecule has 0 bridgehead atoms. The molecule has 1 aromatic heterocycles. The largest absolute Gasteiger partial charge is 0.496 e. The molecule has 0 aliphatic carbocycles. The zero-order chi connectivity index (χ0) is 29.0. The summed E-state index contributed by atoms with van der Waals surface area (Å²) in [5.74, 6) is 0.143. The van der Waals surface area contributed by atoms with E-state index in [9.17, 15) is 14.7 Å². The summed E-state index contributed by atoms with van der Waals surface area (Å²) in [6, 6.07) is 5.96. The number of ether oxygens (including phenoxy) is 2. The molecular formula is C29H44BN3O6. The number of aromatic nitrogens is 1. The van der Waals surface area contributed by atoms with Crippen molar-refractivity contribution < 1.29 is 24.0 Å². The van der Waals surface area contributed by atoms with Crippen LogP contribution in [0, 0.1) is 13.8 Å². The van der Waals surface area contributed by atoms with Crippen LogP contribution in [-0.2, 0) is 15.9 Å². The second kappa shape index (κ2) is 12.6. The second-order valence-corrected chi connectivity index (χ2v) is 11.3. The second-order valence-electron chi connectivity index (χ2n) is 11.3. The number of methoxy groups -OCH3 is 1. The summed E-state index contributed by atoms with van der Waals surface area (Å²) in [6.45, 7) is 15.2. The molecule has 10 heteroatoms. The van der Waals surface area contributed by atoms with E-state index in [-0.39, 0.29) is 25.5 Å². The minimum absolute atomic E-state index is 0.0241. The van der Waals surface area contributed by atoms with Crippen molar-refractivity contribution >= 4 is 24.5 Å². The van der Waals surface area contributed by atoms with Crippen molar-refractivity contribution in [1.29, 1.82) is 0 Å². The molecule has 1 fully saturated rings. The summed E-state index contributed by atoms with van der Waals surface area (Å²) in [7, 11) is 1.73. The van der Waals surface area contributed by atoms with E-state index in [2.05, 4.69) is 28.2 Å². The highest BCUT2D eigenvalue weighted by Crippen LogP contribution is 2.29. The third kappa shape index (κ3) is 7.23. The summed E-state index contributed by atoms with van der Waals surface area (Å²) in [4.78, 5) is 31.3. The number of carbonyl (C=O) groups is 1. The Balaban J connectivity index is 1.97. The Kier molecular flexibility index (Phi) is 9.91. The van der Waals surface area contributed by atoms with Gasteiger partial charge in [-0.05, 0) is 84.5 Å². The highest BCUT2D eigenvalue weighted by molar-refractivity contribution is 6.47. The first-order chi connectivity index (χ1) is 18.3. The minimum Gasteiger partial charge on any atom is -0.496 e. The fourth-order valence-electron chi connectivity index (χ4n) is 4.74. The molecule has 0 radical (unpaired) electrons. The standard InChI is InChI=1S/C29H44BN3O6/c1-9-33(21-10-12-38-13-11-21)24-16-20(30-39-29(6,7)28(4,5)36)15-22(19(24)3)26(34)31-17-23-25(37-8)14-18(2)32-27(23)35/h14-16,21,30,36H,9-13,17H2,1-8H3,(H,31,34)(H,32,35). The molecule has 2 aromatic rings. The molecule has 3 N–H and O–H groups in total. The van der Waals surface area contributed by atoms with Crippen molar-refractivity contribution in [3.8, 4) is 5.75 Å². The first-order valence-electron chi connectivity index (χ1n) is 13.7. The number of H-pyrrole nitrogens is 1. The third-order valence-electron chi connectivity index (χ3n) is 7.91. The fraction of sp³-hybridized carbons (Fsp3) is 0.586. The van der Waals surface area contributed by atoms with Crippen LogP contribution >= 0.6 is 0 Å². The Hall–Kier alpha value is -2.82. The lowest BCUT2D eigenvalue weighted by Crippen LogP contribution is -2.49. The van der Waals surface area contributed by atoms with Crippen LogP contribution in [0.4, 0.5) is 5.69 Å². The number of hydrogen-bond donors (Lipinski definition) is 3. The van der Waals surface area contributed by atoms with Gasteiger partial charge in [-0.25, -0.2) is 0 Å². The molecule has 0 atom stereocenters. The van der Waals surface area contributed by atoms with Gasteiger partial charge in [0.15, 0.2) is 0 Å². The molecule has 39 heavy (non-hydrogen) atoms. The van der Waals surface area contributed by atoms with Gasteiger partial charge in [-0.2, -0.15) is 0 Å². The Morgan fingerprint density at radius 3 is 2.46 bits per heavy atom. The number of hydrogen-bond acceptors (Lipinski definition) is 7. The van der Waals surface area contributed by atoms with E-state index < -0.39 is 11.2 Å². The van der Waals surface area contributed by atoms with E-state index in [1.54, 1.807) is 26.8 Å². The van der Waals surface area contributed by atoms with E-state index in [1.807, 2.05) is 26.8 Å². The lowest BCUT2D eigenvalue weighted by atomic mass is 9.80. The maximum Gasteiger partial charge on any atom is 0.309 e. The molecule has 9 nitrogen and oxygen atoms in total. The average molecular weight is 541 g/mol. The van der Waals surface area contributed by atoms with Crippen molar-refractivity contribution in [3.63, 3.8) is 0 Å². The number of pyridine rings is 1. The van der Waals surface area contributed by atoms with E-state index >= 15 is 0 Å². The third-order valence-corrected chi connectivity index (χ3v) is 7.91. The fourth-order valence-corrected chi connectivity index (χ4v) is 4.74. The summed E-state index contributed by atoms with van der Waals surface area (Å²) in [5.41, 5.74) is 2.05. The number of carbonyl (C=O) groups excluding carboxylic acids is 1. The molecule has 1 amide bonds. The SMILES string of the molecule is CCN(c1cc(BOC(C)(C)C(C)(C)O)cc(C(=O)NCc2c(OC)cc(C)[nH]c2=O)c1C)C1CCOCC1. The van der Waals surface area contributed by atoms with Crippen LogP contribution in [0.2, 0.25) is 0 Å². The van der Waals surface area contributed by atoms with E-state index in [0.717, 1.165) is 36.1 Å². The predicted octanol–water partition coefficient (Wildman–Crippen LogP) is 2.48. The van der Waals surface area contributed by atoms with Crippen molar-refractivity contribution in [2.45, 2.75) is 85.1 Å². The van der Waals surface area contributed by atoms with Gasteiger partial charge < -0.3 is 34.4 Å². The molecule has 2 heterocycles. The molecule has 3 rings (SSSR count). The van der Waals surface area contributed by atoms with Crippen molar-refractivity contribution in [2.75, 3.05) is 31.8 Å². The highest BCUT2D eigenvalue weighted by atomic mass is 16.5. The van der Waals surface area contributed by atoms with Crippen LogP contribution in [0.5, 0.6) is 5.75 Å². The first kappa shape index (κ1) is 30.7. The summed E-state index contributed by atoms with van der Waals surface area (Å²) >= 11 is 0. The van der Waals surface area contributed by atoms with Gasteiger partial charge in [0.1, 0.15) is 5.75 Å². The van der Waals surface area contributed by atoms with Crippen LogP contribution in [0.25, 0.3) is 0 Å². The molecule has 0 saturated carbocycles. The van der Waals surface area contributed by atoms with Gasteiger partial charge in [0.05, 0.1) is 30.4 Å². The number of rotatable bonds is 11. The molecule has 1 saturated heterocycles. The average Bonchev–Trinajstić information content (AvgIpc) is 2.88. The van der Waals surface area contributed by atoms with E-state index in [4.69, 9.17) is 14.1 Å². The van der Waals surface area contributed by atoms with Gasteiger partial charge in [-0.3, -0.25) is 9.59 Å². The summed E-state index contributed by atoms with van der Waals surface area (Å²) in [5, 5.41) is 13.5. The van der Waals surface area contributed by atoms with E-state index in [1.165, 1.54) is 7.11 Å². The zero-order valence-corrected chi connectivity index (χ0v) is 24.7. The number of aromatic amines is 1. The van der Waals surface area contributed by atoms with Gasteiger partial charge in [0.25, 0.3) is 11.5 Å². The van der Waals surface area contributed by atoms with Crippen LogP contribution in [0.3, 0.4) is 0 Å². The zero-order valence-electron chi connectivity index (χ0n) is 24.7. The molecule has 1 aromatic carbocycles. The van der Waals surface area contributed by atoms with Crippen LogP contribution in [-0.4, -0.2) is 67.6 Å². The van der Waals surface area contributed by atoms with Gasteiger partial charge >= 0.3 is 7.48 Å². The Bertz CT molecular complexity index is 1210. The molecular weight excluding hydrogens is 497 g/mol. The van der Waals surface area contributed by atoms with Crippen molar-refractivity contribution in [2.24, 2.45) is 0 Å². The summed E-state index contributed by atoms with van der Waals surface area (Å²) in [6.07, 6.45) is 1.83. The maximum atomic E-state index is 13.6. The van der Waals surface area contributed by atoms with Gasteiger partial charge in [0, 0.05) is 42.7 Å². The number of benzene rings is 1. The lowest BCUT2D eigenvalue weighted by Gasteiger charge is -2.38. The van der Waals surface area contributed by atoms with Crippen LogP contribution in [0.15, 0.2) is 23.0 Å². The van der Waals surface area contributed by atoms with Gasteiger partial charge in [0.2, 0.25) is 0 Å². The molecule has 0 spiro atoms. The van der Waals surface area contributed by atoms with Gasteiger partial charge in [-0.1, -0.05) is 6.07 Å². The molecule has 0 unspecified atom stereocenters. The number of nitrogens with zero attached hydrogens (tertiary/aromatic N) is 1. The number of aryl methyl sites for hydroxylation is 1. The topological polar surface area (TPSA) is 113 Å². The molecule has 1 aliphatic heterocycles. The Labute approximate surface area is 232 Å². The van der Waals surface area contributed by atoms with Crippen molar-refractivity contribution in [1.82, 2.24) is 10.3 Å². The minimum atomic E-state index is -1.06.